The number of carbonyl (C=O) groups is 1. The summed E-state index contributed by atoms with van der Waals surface area (Å²) in [7, 11) is 0. The van der Waals surface area contributed by atoms with Gasteiger partial charge in [-0.05, 0) is 31.9 Å². The number of hydrogen-bond donors (Lipinski definition) is 3. The number of aromatic nitrogens is 2. The fourth-order valence-electron chi connectivity index (χ4n) is 2.30. The highest BCUT2D eigenvalue weighted by Crippen LogP contribution is 2.13. The third-order valence-corrected chi connectivity index (χ3v) is 3.94. The van der Waals surface area contributed by atoms with Gasteiger partial charge in [0.1, 0.15) is 5.65 Å². The summed E-state index contributed by atoms with van der Waals surface area (Å²) in [6.07, 6.45) is 5.92. The van der Waals surface area contributed by atoms with E-state index in [1.54, 1.807) is 0 Å². The van der Waals surface area contributed by atoms with Crippen LogP contribution in [0.2, 0.25) is 0 Å². The topological polar surface area (TPSA) is 78.7 Å². The molecule has 0 aliphatic carbocycles. The first-order valence-corrected chi connectivity index (χ1v) is 7.66. The fourth-order valence-corrected chi connectivity index (χ4v) is 2.30. The Morgan fingerprint density at radius 3 is 2.95 bits per heavy atom. The van der Waals surface area contributed by atoms with Crippen molar-refractivity contribution in [2.45, 2.75) is 38.6 Å². The van der Waals surface area contributed by atoms with Gasteiger partial charge in [0, 0.05) is 37.5 Å². The van der Waals surface area contributed by atoms with Crippen LogP contribution < -0.4 is 10.6 Å². The summed E-state index contributed by atoms with van der Waals surface area (Å²) in [5.74, 6) is 0. The Morgan fingerprint density at radius 2 is 2.27 bits per heavy atom. The second-order valence-electron chi connectivity index (χ2n) is 5.72. The number of pyridine rings is 1. The summed E-state index contributed by atoms with van der Waals surface area (Å²) in [5.41, 5.74) is 1.48. The van der Waals surface area contributed by atoms with Gasteiger partial charge in [0.15, 0.2) is 0 Å². The number of nitrogens with one attached hydrogen (secondary N) is 2. The first kappa shape index (κ1) is 16.3. The van der Waals surface area contributed by atoms with E-state index in [9.17, 15) is 4.79 Å². The van der Waals surface area contributed by atoms with E-state index in [1.807, 2.05) is 48.8 Å². The molecule has 0 bridgehead atoms. The van der Waals surface area contributed by atoms with Gasteiger partial charge < -0.3 is 20.1 Å². The van der Waals surface area contributed by atoms with Crippen LogP contribution in [-0.2, 0) is 6.42 Å². The lowest BCUT2D eigenvalue weighted by Gasteiger charge is -2.28. The second-order valence-corrected chi connectivity index (χ2v) is 5.72. The summed E-state index contributed by atoms with van der Waals surface area (Å²) in [6.45, 7) is 4.51. The Hall–Kier alpha value is -2.08. The van der Waals surface area contributed by atoms with Crippen molar-refractivity contribution < 1.29 is 9.90 Å². The number of carbonyl (C=O) groups excluding carboxylic acids is 1. The molecule has 3 N–H and O–H groups in total. The molecule has 0 saturated heterocycles. The van der Waals surface area contributed by atoms with Crippen LogP contribution in [0.25, 0.3) is 5.65 Å². The van der Waals surface area contributed by atoms with Crippen LogP contribution in [0.5, 0.6) is 0 Å². The van der Waals surface area contributed by atoms with Crippen LogP contribution in [0.3, 0.4) is 0 Å². The average molecular weight is 304 g/mol. The first-order valence-electron chi connectivity index (χ1n) is 7.66. The predicted molar refractivity (Wildman–Crippen MR) is 85.8 cm³/mol. The van der Waals surface area contributed by atoms with E-state index < -0.39 is 0 Å². The van der Waals surface area contributed by atoms with Crippen molar-refractivity contribution in [3.8, 4) is 0 Å². The third kappa shape index (κ3) is 4.21. The van der Waals surface area contributed by atoms with E-state index in [4.69, 9.17) is 5.11 Å². The number of urea groups is 1. The number of fused-ring (bicyclic) bond motifs is 1. The van der Waals surface area contributed by atoms with Crippen molar-refractivity contribution in [3.05, 3.63) is 36.3 Å². The molecule has 2 amide bonds. The number of imidazole rings is 1. The zero-order valence-corrected chi connectivity index (χ0v) is 13.2. The van der Waals surface area contributed by atoms with Crippen LogP contribution in [-0.4, -0.2) is 39.2 Å². The van der Waals surface area contributed by atoms with Gasteiger partial charge in [0.25, 0.3) is 0 Å². The highest BCUT2D eigenvalue weighted by molar-refractivity contribution is 5.74. The minimum Gasteiger partial charge on any atom is -0.396 e. The number of aliphatic hydroxyl groups excluding tert-OH is 1. The molecule has 0 spiro atoms. The Labute approximate surface area is 130 Å². The monoisotopic (exact) mass is 304 g/mol. The minimum absolute atomic E-state index is 0.0614. The Bertz CT molecular complexity index is 592. The maximum Gasteiger partial charge on any atom is 0.315 e. The Morgan fingerprint density at radius 1 is 1.45 bits per heavy atom. The maximum atomic E-state index is 11.9. The van der Waals surface area contributed by atoms with Crippen LogP contribution in [0, 0.1) is 0 Å². The van der Waals surface area contributed by atoms with E-state index in [0.29, 0.717) is 19.4 Å². The van der Waals surface area contributed by atoms with E-state index in [-0.39, 0.29) is 18.2 Å². The van der Waals surface area contributed by atoms with Gasteiger partial charge in [-0.3, -0.25) is 0 Å². The molecule has 0 aromatic carbocycles. The molecule has 120 valence electrons. The largest absolute Gasteiger partial charge is 0.396 e. The highest BCUT2D eigenvalue weighted by Gasteiger charge is 2.23. The lowest BCUT2D eigenvalue weighted by Crippen LogP contribution is -2.50. The van der Waals surface area contributed by atoms with Crippen LogP contribution in [0.15, 0.2) is 30.6 Å². The van der Waals surface area contributed by atoms with Gasteiger partial charge in [0.2, 0.25) is 0 Å². The van der Waals surface area contributed by atoms with Gasteiger partial charge in [0.05, 0.1) is 5.69 Å². The molecule has 0 aliphatic rings. The van der Waals surface area contributed by atoms with E-state index >= 15 is 0 Å². The SMILES string of the molecule is CCC(C)(CCO)NC(=O)NCCc1cn2ccccc2n1. The van der Waals surface area contributed by atoms with Crippen LogP contribution in [0.4, 0.5) is 4.79 Å². The number of nitrogens with zero attached hydrogens (tertiary/aromatic N) is 2. The van der Waals surface area contributed by atoms with Crippen molar-refractivity contribution in [1.29, 1.82) is 0 Å². The number of aliphatic hydroxyl groups is 1. The number of hydrogen-bond acceptors (Lipinski definition) is 3. The standard InChI is InChI=1S/C16H24N4O2/c1-3-16(2,8-11-21)19-15(22)17-9-7-13-12-20-10-5-4-6-14(20)18-13/h4-6,10,12,21H,3,7-9,11H2,1-2H3,(H2,17,19,22). The maximum absolute atomic E-state index is 11.9. The van der Waals surface area contributed by atoms with Gasteiger partial charge in [-0.15, -0.1) is 0 Å². The molecule has 2 heterocycles. The molecular formula is C16H24N4O2. The molecule has 2 aromatic heterocycles. The molecule has 2 rings (SSSR count). The Kier molecular flexibility index (Phi) is 5.38. The molecule has 0 saturated carbocycles. The molecule has 22 heavy (non-hydrogen) atoms. The van der Waals surface area contributed by atoms with Gasteiger partial charge in [-0.2, -0.15) is 0 Å². The predicted octanol–water partition coefficient (Wildman–Crippen LogP) is 1.73. The van der Waals surface area contributed by atoms with Gasteiger partial charge in [-0.1, -0.05) is 13.0 Å². The van der Waals surface area contributed by atoms with E-state index in [1.165, 1.54) is 0 Å². The molecule has 1 atom stereocenters. The van der Waals surface area contributed by atoms with Gasteiger partial charge >= 0.3 is 6.03 Å². The quantitative estimate of drug-likeness (QED) is 0.729. The smallest absolute Gasteiger partial charge is 0.315 e. The lowest BCUT2D eigenvalue weighted by atomic mass is 9.95. The average Bonchev–Trinajstić information content (AvgIpc) is 2.90. The van der Waals surface area contributed by atoms with Crippen molar-refractivity contribution in [2.75, 3.05) is 13.2 Å². The Balaban J connectivity index is 1.81. The van der Waals surface area contributed by atoms with Crippen LogP contribution >= 0.6 is 0 Å². The van der Waals surface area contributed by atoms with E-state index in [0.717, 1.165) is 17.8 Å². The van der Waals surface area contributed by atoms with E-state index in [2.05, 4.69) is 15.6 Å². The molecule has 0 fully saturated rings. The fraction of sp³-hybridized carbons (Fsp3) is 0.500. The summed E-state index contributed by atoms with van der Waals surface area (Å²) in [5, 5.41) is 14.8. The first-order chi connectivity index (χ1) is 10.6. The van der Waals surface area contributed by atoms with Crippen molar-refractivity contribution in [3.63, 3.8) is 0 Å². The summed E-state index contributed by atoms with van der Waals surface area (Å²) < 4.78 is 1.96. The second kappa shape index (κ2) is 7.26. The normalized spacial score (nSPS) is 13.8. The molecular weight excluding hydrogens is 280 g/mol. The molecule has 6 nitrogen and oxygen atoms in total. The molecule has 0 radical (unpaired) electrons. The molecule has 6 heteroatoms. The third-order valence-electron chi connectivity index (χ3n) is 3.94. The highest BCUT2D eigenvalue weighted by atomic mass is 16.3. The minimum atomic E-state index is -0.373. The van der Waals surface area contributed by atoms with Gasteiger partial charge in [-0.25, -0.2) is 9.78 Å². The number of rotatable bonds is 7. The van der Waals surface area contributed by atoms with Crippen molar-refractivity contribution >= 4 is 11.7 Å². The zero-order valence-electron chi connectivity index (χ0n) is 13.2. The number of amides is 2. The summed E-state index contributed by atoms with van der Waals surface area (Å²) >= 11 is 0. The van der Waals surface area contributed by atoms with Crippen molar-refractivity contribution in [1.82, 2.24) is 20.0 Å². The summed E-state index contributed by atoms with van der Waals surface area (Å²) in [6, 6.07) is 5.65. The zero-order chi connectivity index (χ0) is 16.0. The molecule has 2 aromatic rings. The van der Waals surface area contributed by atoms with Crippen LogP contribution in [0.1, 0.15) is 32.4 Å². The summed E-state index contributed by atoms with van der Waals surface area (Å²) in [4.78, 5) is 16.4. The molecule has 0 aliphatic heterocycles. The lowest BCUT2D eigenvalue weighted by molar-refractivity contribution is 0.201. The van der Waals surface area contributed by atoms with Crippen molar-refractivity contribution in [2.24, 2.45) is 0 Å². The molecule has 1 unspecified atom stereocenters.